The van der Waals surface area contributed by atoms with Gasteiger partial charge in [0.25, 0.3) is 5.91 Å². The molecule has 0 saturated carbocycles. The van der Waals surface area contributed by atoms with Crippen LogP contribution in [0.2, 0.25) is 0 Å². The highest BCUT2D eigenvalue weighted by Crippen LogP contribution is 2.21. The quantitative estimate of drug-likeness (QED) is 0.383. The summed E-state index contributed by atoms with van der Waals surface area (Å²) >= 11 is 0. The first-order valence-corrected chi connectivity index (χ1v) is 15.4. The Morgan fingerprint density at radius 3 is 2.05 bits per heavy atom. The SMILES string of the molecule is CC(NS(=O)(=O)c1ccc(OCC(=O)Nc2ccc(S(=O)(=O)N3CCN(C)CC3)cc2)cc1)c1ccccc1. The standard InChI is InChI=1S/C27H32N4O6S2/c1-21(22-6-4-3-5-7-22)29-38(33,34)25-14-10-24(11-15-25)37-20-27(32)28-23-8-12-26(13-9-23)39(35,36)31-18-16-30(2)17-19-31/h3-15,21,29H,16-20H2,1-2H3,(H,28,32). The molecular weight excluding hydrogens is 540 g/mol. The summed E-state index contributed by atoms with van der Waals surface area (Å²) in [7, 11) is -5.39. The lowest BCUT2D eigenvalue weighted by atomic mass is 10.1. The first kappa shape index (κ1) is 28.7. The maximum Gasteiger partial charge on any atom is 0.262 e. The van der Waals surface area contributed by atoms with Crippen molar-refractivity contribution in [2.45, 2.75) is 22.8 Å². The van der Waals surface area contributed by atoms with Crippen LogP contribution in [0.4, 0.5) is 5.69 Å². The Morgan fingerprint density at radius 2 is 1.44 bits per heavy atom. The average Bonchev–Trinajstić information content (AvgIpc) is 2.93. The summed E-state index contributed by atoms with van der Waals surface area (Å²) < 4.78 is 60.7. The van der Waals surface area contributed by atoms with E-state index in [0.29, 0.717) is 37.6 Å². The number of hydrogen-bond acceptors (Lipinski definition) is 7. The fourth-order valence-corrected chi connectivity index (χ4v) is 6.71. The van der Waals surface area contributed by atoms with Crippen LogP contribution in [-0.2, 0) is 24.8 Å². The third-order valence-corrected chi connectivity index (χ3v) is 9.84. The first-order chi connectivity index (χ1) is 18.5. The van der Waals surface area contributed by atoms with E-state index in [4.69, 9.17) is 4.74 Å². The number of sulfonamides is 2. The molecule has 1 heterocycles. The molecule has 2 N–H and O–H groups in total. The number of piperazine rings is 1. The number of benzene rings is 3. The monoisotopic (exact) mass is 572 g/mol. The Hall–Kier alpha value is -3.29. The molecule has 1 saturated heterocycles. The molecule has 208 valence electrons. The van der Waals surface area contributed by atoms with Gasteiger partial charge >= 0.3 is 0 Å². The molecule has 10 nitrogen and oxygen atoms in total. The number of carbonyl (C=O) groups excluding carboxylic acids is 1. The van der Waals surface area contributed by atoms with Gasteiger partial charge in [-0.15, -0.1) is 0 Å². The molecular formula is C27H32N4O6S2. The van der Waals surface area contributed by atoms with E-state index in [1.807, 2.05) is 37.4 Å². The number of anilines is 1. The van der Waals surface area contributed by atoms with Gasteiger partial charge in [-0.1, -0.05) is 30.3 Å². The van der Waals surface area contributed by atoms with E-state index >= 15 is 0 Å². The predicted octanol–water partition coefficient (Wildman–Crippen LogP) is 2.68. The molecule has 1 aliphatic rings. The van der Waals surface area contributed by atoms with E-state index < -0.39 is 32.0 Å². The summed E-state index contributed by atoms with van der Waals surface area (Å²) in [5, 5.41) is 2.66. The molecule has 0 aromatic heterocycles. The molecule has 1 amide bonds. The van der Waals surface area contributed by atoms with E-state index in [1.165, 1.54) is 52.8 Å². The Balaban J connectivity index is 1.28. The van der Waals surface area contributed by atoms with E-state index in [1.54, 1.807) is 6.92 Å². The van der Waals surface area contributed by atoms with Crippen LogP contribution >= 0.6 is 0 Å². The second-order valence-electron chi connectivity index (χ2n) is 9.29. The van der Waals surface area contributed by atoms with Gasteiger partial charge in [-0.05, 0) is 68.1 Å². The van der Waals surface area contributed by atoms with Crippen molar-refractivity contribution >= 4 is 31.6 Å². The van der Waals surface area contributed by atoms with Crippen LogP contribution in [-0.4, -0.2) is 71.8 Å². The summed E-state index contributed by atoms with van der Waals surface area (Å²) in [6.07, 6.45) is 0. The van der Waals surface area contributed by atoms with Crippen LogP contribution in [0.5, 0.6) is 5.75 Å². The number of ether oxygens (including phenoxy) is 1. The second-order valence-corrected chi connectivity index (χ2v) is 12.9. The Bertz CT molecular complexity index is 1470. The van der Waals surface area contributed by atoms with Gasteiger partial charge in [0, 0.05) is 37.9 Å². The van der Waals surface area contributed by atoms with Gasteiger partial charge in [0.05, 0.1) is 9.79 Å². The van der Waals surface area contributed by atoms with Gasteiger partial charge in [0.2, 0.25) is 20.0 Å². The van der Waals surface area contributed by atoms with Crippen LogP contribution in [0.15, 0.2) is 88.7 Å². The molecule has 0 bridgehead atoms. The lowest BCUT2D eigenvalue weighted by Crippen LogP contribution is -2.46. The zero-order chi connectivity index (χ0) is 28.0. The summed E-state index contributed by atoms with van der Waals surface area (Å²) in [4.78, 5) is 14.7. The number of nitrogens with one attached hydrogen (secondary N) is 2. The molecule has 0 spiro atoms. The third-order valence-electron chi connectivity index (χ3n) is 6.37. The van der Waals surface area contributed by atoms with Crippen molar-refractivity contribution in [2.24, 2.45) is 0 Å². The number of likely N-dealkylation sites (N-methyl/N-ethyl adjacent to an activating group) is 1. The predicted molar refractivity (Wildman–Crippen MR) is 148 cm³/mol. The fourth-order valence-electron chi connectivity index (χ4n) is 4.06. The Kier molecular flexibility index (Phi) is 9.03. The van der Waals surface area contributed by atoms with Crippen LogP contribution in [0, 0.1) is 0 Å². The van der Waals surface area contributed by atoms with Crippen molar-refractivity contribution < 1.29 is 26.4 Å². The van der Waals surface area contributed by atoms with Crippen molar-refractivity contribution in [2.75, 3.05) is 45.2 Å². The third kappa shape index (κ3) is 7.43. The lowest BCUT2D eigenvalue weighted by molar-refractivity contribution is -0.118. The molecule has 0 radical (unpaired) electrons. The van der Waals surface area contributed by atoms with Gasteiger partial charge in [0.1, 0.15) is 5.75 Å². The Labute approximate surface area is 229 Å². The van der Waals surface area contributed by atoms with Crippen LogP contribution < -0.4 is 14.8 Å². The topological polar surface area (TPSA) is 125 Å². The van der Waals surface area contributed by atoms with Crippen molar-refractivity contribution in [1.29, 1.82) is 0 Å². The zero-order valence-corrected chi connectivity index (χ0v) is 23.4. The van der Waals surface area contributed by atoms with E-state index in [0.717, 1.165) is 5.56 Å². The molecule has 4 rings (SSSR count). The summed E-state index contributed by atoms with van der Waals surface area (Å²) in [5.74, 6) is -0.117. The van der Waals surface area contributed by atoms with Gasteiger partial charge in [-0.2, -0.15) is 4.31 Å². The van der Waals surface area contributed by atoms with Gasteiger partial charge < -0.3 is 15.0 Å². The highest BCUT2D eigenvalue weighted by molar-refractivity contribution is 7.89. The van der Waals surface area contributed by atoms with E-state index in [-0.39, 0.29) is 16.4 Å². The molecule has 12 heteroatoms. The van der Waals surface area contributed by atoms with E-state index in [9.17, 15) is 21.6 Å². The zero-order valence-electron chi connectivity index (χ0n) is 21.8. The maximum atomic E-state index is 12.8. The highest BCUT2D eigenvalue weighted by Gasteiger charge is 2.27. The van der Waals surface area contributed by atoms with Gasteiger partial charge in [0.15, 0.2) is 6.61 Å². The molecule has 0 aliphatic carbocycles. The van der Waals surface area contributed by atoms with Crippen LogP contribution in [0.3, 0.4) is 0 Å². The van der Waals surface area contributed by atoms with Crippen molar-refractivity contribution in [3.63, 3.8) is 0 Å². The maximum absolute atomic E-state index is 12.8. The number of carbonyl (C=O) groups is 1. The molecule has 3 aromatic carbocycles. The largest absolute Gasteiger partial charge is 0.484 e. The minimum absolute atomic E-state index is 0.0775. The van der Waals surface area contributed by atoms with Crippen molar-refractivity contribution in [3.05, 3.63) is 84.4 Å². The Morgan fingerprint density at radius 1 is 0.846 bits per heavy atom. The highest BCUT2D eigenvalue weighted by atomic mass is 32.2. The summed E-state index contributed by atoms with van der Waals surface area (Å²) in [5.41, 5.74) is 1.28. The normalized spacial score (nSPS) is 15.9. The number of amides is 1. The first-order valence-electron chi connectivity index (χ1n) is 12.4. The number of rotatable bonds is 10. The molecule has 1 unspecified atom stereocenters. The minimum atomic E-state index is -3.75. The van der Waals surface area contributed by atoms with Gasteiger partial charge in [-0.25, -0.2) is 21.6 Å². The van der Waals surface area contributed by atoms with Crippen molar-refractivity contribution in [3.8, 4) is 5.75 Å². The molecule has 1 fully saturated rings. The van der Waals surface area contributed by atoms with Crippen LogP contribution in [0.25, 0.3) is 0 Å². The molecule has 3 aromatic rings. The summed E-state index contributed by atoms with van der Waals surface area (Å²) in [6.45, 7) is 3.68. The fraction of sp³-hybridized carbons (Fsp3) is 0.296. The average molecular weight is 573 g/mol. The molecule has 1 atom stereocenters. The smallest absolute Gasteiger partial charge is 0.262 e. The van der Waals surface area contributed by atoms with Crippen molar-refractivity contribution in [1.82, 2.24) is 13.9 Å². The summed E-state index contributed by atoms with van der Waals surface area (Å²) in [6, 6.07) is 20.6. The van der Waals surface area contributed by atoms with E-state index in [2.05, 4.69) is 14.9 Å². The van der Waals surface area contributed by atoms with Crippen LogP contribution in [0.1, 0.15) is 18.5 Å². The molecule has 39 heavy (non-hydrogen) atoms. The second kappa shape index (κ2) is 12.3. The number of hydrogen-bond donors (Lipinski definition) is 2. The van der Waals surface area contributed by atoms with Gasteiger partial charge in [-0.3, -0.25) is 4.79 Å². The lowest BCUT2D eigenvalue weighted by Gasteiger charge is -2.31. The number of nitrogens with zero attached hydrogens (tertiary/aromatic N) is 2. The molecule has 1 aliphatic heterocycles. The minimum Gasteiger partial charge on any atom is -0.484 e.